The Bertz CT molecular complexity index is 988. The van der Waals surface area contributed by atoms with Gasteiger partial charge >= 0.3 is 6.18 Å². The van der Waals surface area contributed by atoms with Crippen LogP contribution < -0.4 is 5.56 Å². The topological polar surface area (TPSA) is 73.1 Å². The van der Waals surface area contributed by atoms with Gasteiger partial charge in [0.25, 0.3) is 11.5 Å². The Labute approximate surface area is 171 Å². The molecule has 2 aliphatic rings. The second kappa shape index (κ2) is 7.56. The average molecular weight is 449 g/mol. The molecule has 0 bridgehead atoms. The van der Waals surface area contributed by atoms with Crippen LogP contribution in [0.1, 0.15) is 35.8 Å². The third-order valence-electron chi connectivity index (χ3n) is 4.95. The van der Waals surface area contributed by atoms with Crippen LogP contribution in [0.5, 0.6) is 0 Å². The van der Waals surface area contributed by atoms with E-state index in [1.165, 1.54) is 4.90 Å². The molecular weight excluding hydrogens is 431 g/mol. The van der Waals surface area contributed by atoms with E-state index in [9.17, 15) is 22.8 Å². The second-order valence-electron chi connectivity index (χ2n) is 6.67. The lowest BCUT2D eigenvalue weighted by atomic mass is 10.0. The van der Waals surface area contributed by atoms with Crippen LogP contribution in [-0.4, -0.2) is 58.0 Å². The molecule has 12 heteroatoms. The van der Waals surface area contributed by atoms with Gasteiger partial charge in [0.15, 0.2) is 10.7 Å². The number of likely N-dealkylation sites (tertiary alicyclic amines) is 1. The number of ether oxygens (including phenoxy) is 2. The molecule has 2 aliphatic heterocycles. The molecule has 0 aromatic carbocycles. The number of thioether (sulfide) groups is 1. The molecule has 0 saturated carbocycles. The standard InChI is InChI=1S/C17H18F3N3O4S2/c1-2-28-12-11(13(24)22-5-3-16(4-6-22)26-7-8-27-16)14(25)23-10(17(18,19)20)9-29-15(23)21-12/h9H,2-8H2,1H3. The summed E-state index contributed by atoms with van der Waals surface area (Å²) < 4.78 is 51.7. The van der Waals surface area contributed by atoms with Crippen molar-refractivity contribution in [3.05, 3.63) is 27.0 Å². The SMILES string of the molecule is CCSc1nc2scc(C(F)(F)F)n2c(=O)c1C(=O)N1CCC2(CC1)OCCO2. The molecule has 1 spiro atoms. The van der Waals surface area contributed by atoms with E-state index < -0.39 is 29.1 Å². The highest BCUT2D eigenvalue weighted by Gasteiger charge is 2.42. The number of hydrogen-bond donors (Lipinski definition) is 0. The fourth-order valence-electron chi connectivity index (χ4n) is 3.55. The molecule has 2 aromatic heterocycles. The molecule has 0 N–H and O–H groups in total. The Kier molecular flexibility index (Phi) is 5.38. The van der Waals surface area contributed by atoms with E-state index in [-0.39, 0.29) is 28.6 Å². The van der Waals surface area contributed by atoms with E-state index in [2.05, 4.69) is 4.98 Å². The molecular formula is C17H18F3N3O4S2. The van der Waals surface area contributed by atoms with E-state index in [1.807, 2.05) is 6.92 Å². The maximum atomic E-state index is 13.3. The summed E-state index contributed by atoms with van der Waals surface area (Å²) in [6, 6.07) is 0. The van der Waals surface area contributed by atoms with Gasteiger partial charge in [-0.15, -0.1) is 23.1 Å². The van der Waals surface area contributed by atoms with Gasteiger partial charge in [0.2, 0.25) is 0 Å². The van der Waals surface area contributed by atoms with Gasteiger partial charge in [-0.1, -0.05) is 6.92 Å². The number of hydrogen-bond acceptors (Lipinski definition) is 7. The second-order valence-corrected chi connectivity index (χ2v) is 8.76. The molecule has 29 heavy (non-hydrogen) atoms. The summed E-state index contributed by atoms with van der Waals surface area (Å²) >= 11 is 1.89. The number of alkyl halides is 3. The van der Waals surface area contributed by atoms with Crippen LogP contribution in [0.15, 0.2) is 15.2 Å². The van der Waals surface area contributed by atoms with Crippen molar-refractivity contribution in [2.24, 2.45) is 0 Å². The molecule has 0 radical (unpaired) electrons. The van der Waals surface area contributed by atoms with Crippen molar-refractivity contribution in [1.29, 1.82) is 0 Å². The molecule has 7 nitrogen and oxygen atoms in total. The highest BCUT2D eigenvalue weighted by atomic mass is 32.2. The zero-order chi connectivity index (χ0) is 20.8. The molecule has 2 aromatic rings. The van der Waals surface area contributed by atoms with Gasteiger partial charge < -0.3 is 14.4 Å². The first kappa shape index (κ1) is 20.6. The van der Waals surface area contributed by atoms with Gasteiger partial charge in [-0.05, 0) is 5.75 Å². The molecule has 4 heterocycles. The fraction of sp³-hybridized carbons (Fsp3) is 0.588. The largest absolute Gasteiger partial charge is 0.432 e. The molecule has 2 fully saturated rings. The number of rotatable bonds is 3. The van der Waals surface area contributed by atoms with Gasteiger partial charge in [-0.2, -0.15) is 13.2 Å². The number of piperidine rings is 1. The first-order valence-electron chi connectivity index (χ1n) is 9.07. The van der Waals surface area contributed by atoms with E-state index in [4.69, 9.17) is 9.47 Å². The molecule has 2 saturated heterocycles. The van der Waals surface area contributed by atoms with E-state index in [1.54, 1.807) is 0 Å². The van der Waals surface area contributed by atoms with Crippen LogP contribution in [-0.2, 0) is 15.7 Å². The van der Waals surface area contributed by atoms with Gasteiger partial charge in [0, 0.05) is 31.3 Å². The molecule has 0 atom stereocenters. The molecule has 158 valence electrons. The van der Waals surface area contributed by atoms with Gasteiger partial charge in [0.1, 0.15) is 16.3 Å². The summed E-state index contributed by atoms with van der Waals surface area (Å²) in [6.45, 7) is 3.37. The Balaban J connectivity index is 1.73. The maximum Gasteiger partial charge on any atom is 0.432 e. The highest BCUT2D eigenvalue weighted by Crippen LogP contribution is 2.34. The summed E-state index contributed by atoms with van der Waals surface area (Å²) in [7, 11) is 0. The fourth-order valence-corrected chi connectivity index (χ4v) is 5.24. The molecule has 0 unspecified atom stereocenters. The summed E-state index contributed by atoms with van der Waals surface area (Å²) in [5, 5.41) is 1.00. The Morgan fingerprint density at radius 2 is 1.97 bits per heavy atom. The number of aromatic nitrogens is 2. The third kappa shape index (κ3) is 3.66. The van der Waals surface area contributed by atoms with Crippen LogP contribution in [0.25, 0.3) is 4.96 Å². The lowest BCUT2D eigenvalue weighted by molar-refractivity contribution is -0.181. The summed E-state index contributed by atoms with van der Waals surface area (Å²) in [5.74, 6) is -0.795. The molecule has 0 aliphatic carbocycles. The van der Waals surface area contributed by atoms with Crippen LogP contribution in [0, 0.1) is 0 Å². The number of thiazole rings is 1. The Hall–Kier alpha value is -1.63. The maximum absolute atomic E-state index is 13.3. The van der Waals surface area contributed by atoms with Crippen molar-refractivity contribution in [2.75, 3.05) is 32.1 Å². The average Bonchev–Trinajstić information content (AvgIpc) is 3.30. The summed E-state index contributed by atoms with van der Waals surface area (Å²) in [6.07, 6.45) is -3.84. The zero-order valence-electron chi connectivity index (χ0n) is 15.5. The smallest absolute Gasteiger partial charge is 0.347 e. The van der Waals surface area contributed by atoms with E-state index in [0.29, 0.717) is 36.2 Å². The van der Waals surface area contributed by atoms with Crippen molar-refractivity contribution >= 4 is 34.0 Å². The summed E-state index contributed by atoms with van der Waals surface area (Å²) in [4.78, 5) is 31.7. The normalized spacial score (nSPS) is 19.4. The lowest BCUT2D eigenvalue weighted by Crippen LogP contribution is -2.48. The van der Waals surface area contributed by atoms with Crippen LogP contribution in [0.2, 0.25) is 0 Å². The highest BCUT2D eigenvalue weighted by molar-refractivity contribution is 7.99. The Morgan fingerprint density at radius 3 is 2.55 bits per heavy atom. The number of carbonyl (C=O) groups is 1. The quantitative estimate of drug-likeness (QED) is 0.530. The van der Waals surface area contributed by atoms with Crippen molar-refractivity contribution in [1.82, 2.24) is 14.3 Å². The number of amides is 1. The van der Waals surface area contributed by atoms with Gasteiger partial charge in [-0.3, -0.25) is 9.59 Å². The van der Waals surface area contributed by atoms with Crippen molar-refractivity contribution in [3.63, 3.8) is 0 Å². The minimum atomic E-state index is -4.72. The van der Waals surface area contributed by atoms with E-state index in [0.717, 1.165) is 28.5 Å². The molecule has 1 amide bonds. The van der Waals surface area contributed by atoms with Crippen LogP contribution >= 0.6 is 23.1 Å². The van der Waals surface area contributed by atoms with Gasteiger partial charge in [0.05, 0.1) is 13.2 Å². The number of halogens is 3. The number of fused-ring (bicyclic) bond motifs is 1. The molecule has 4 rings (SSSR count). The van der Waals surface area contributed by atoms with Crippen LogP contribution in [0.3, 0.4) is 0 Å². The predicted molar refractivity (Wildman–Crippen MR) is 101 cm³/mol. The van der Waals surface area contributed by atoms with Crippen molar-refractivity contribution < 1.29 is 27.4 Å². The lowest BCUT2D eigenvalue weighted by Gasteiger charge is -2.37. The minimum Gasteiger partial charge on any atom is -0.347 e. The first-order valence-corrected chi connectivity index (χ1v) is 10.9. The number of carbonyl (C=O) groups excluding carboxylic acids is 1. The predicted octanol–water partition coefficient (Wildman–Crippen LogP) is 2.87. The van der Waals surface area contributed by atoms with Crippen molar-refractivity contribution in [2.45, 2.75) is 36.8 Å². The monoisotopic (exact) mass is 449 g/mol. The van der Waals surface area contributed by atoms with E-state index >= 15 is 0 Å². The van der Waals surface area contributed by atoms with Crippen LogP contribution in [0.4, 0.5) is 13.2 Å². The third-order valence-corrected chi connectivity index (χ3v) is 6.63. The first-order chi connectivity index (χ1) is 13.8. The zero-order valence-corrected chi connectivity index (χ0v) is 17.1. The summed E-state index contributed by atoms with van der Waals surface area (Å²) in [5.41, 5.74) is -2.43. The van der Waals surface area contributed by atoms with Crippen molar-refractivity contribution in [3.8, 4) is 0 Å². The minimum absolute atomic E-state index is 0.0832. The van der Waals surface area contributed by atoms with Gasteiger partial charge in [-0.25, -0.2) is 9.38 Å². The number of nitrogens with zero attached hydrogens (tertiary/aromatic N) is 3. The Morgan fingerprint density at radius 1 is 1.31 bits per heavy atom.